The summed E-state index contributed by atoms with van der Waals surface area (Å²) in [6.07, 6.45) is 1.46. The maximum Gasteiger partial charge on any atom is 0.240 e. The zero-order valence-electron chi connectivity index (χ0n) is 19.6. The van der Waals surface area contributed by atoms with E-state index in [0.29, 0.717) is 23.0 Å². The number of rotatable bonds is 5. The first-order valence-electron chi connectivity index (χ1n) is 10.9. The lowest BCUT2D eigenvalue weighted by Crippen LogP contribution is -2.03. The van der Waals surface area contributed by atoms with Crippen LogP contribution in [0.25, 0.3) is 27.9 Å². The highest BCUT2D eigenvalue weighted by Gasteiger charge is 2.18. The summed E-state index contributed by atoms with van der Waals surface area (Å²) < 4.78 is 52.6. The zero-order chi connectivity index (χ0) is 23.4. The van der Waals surface area contributed by atoms with E-state index in [2.05, 4.69) is 30.8 Å². The third-order valence-corrected chi connectivity index (χ3v) is 4.08. The Morgan fingerprint density at radius 1 is 1.21 bits per heavy atom. The summed E-state index contributed by atoms with van der Waals surface area (Å²) in [4.78, 5) is 0. The molecule has 0 unspecified atom stereocenters. The summed E-state index contributed by atoms with van der Waals surface area (Å²) in [5.41, 5.74) is 0.443. The van der Waals surface area contributed by atoms with Crippen LogP contribution in [-0.4, -0.2) is 40.0 Å². The van der Waals surface area contributed by atoms with E-state index in [0.717, 1.165) is 0 Å². The van der Waals surface area contributed by atoms with Gasteiger partial charge in [0.2, 0.25) is 11.7 Å². The fraction of sp³-hybridized carbons (Fsp3) is 0.222. The molecule has 0 radical (unpaired) electrons. The minimum Gasteiger partial charge on any atom is -0.470 e. The summed E-state index contributed by atoms with van der Waals surface area (Å²) in [7, 11) is 0. The summed E-state index contributed by atoms with van der Waals surface area (Å²) in [6.45, 7) is -2.44. The van der Waals surface area contributed by atoms with Gasteiger partial charge >= 0.3 is 0 Å². The normalized spacial score (nSPS) is 15.1. The molecule has 0 bridgehead atoms. The Balaban J connectivity index is 1.65. The SMILES string of the molecule is [2H]C([2H])([2H])c1cc(-c2nnc3c4ccccc4c(OC([2H])([2H])c4cn(CC)nn4)nn23)no1. The molecule has 140 valence electrons. The number of benzene rings is 1. The van der Waals surface area contributed by atoms with Crippen molar-refractivity contribution in [3.63, 3.8) is 0 Å². The molecule has 5 rings (SSSR count). The number of nitrogens with zero attached hydrogens (tertiary/aromatic N) is 8. The van der Waals surface area contributed by atoms with Crippen molar-refractivity contribution in [2.24, 2.45) is 0 Å². The van der Waals surface area contributed by atoms with E-state index in [4.69, 9.17) is 16.1 Å². The maximum absolute atomic E-state index is 8.39. The Morgan fingerprint density at radius 2 is 2.11 bits per heavy atom. The van der Waals surface area contributed by atoms with Crippen LogP contribution < -0.4 is 4.74 Å². The molecule has 0 N–H and O–H groups in total. The molecular weight excluding hydrogens is 360 g/mol. The van der Waals surface area contributed by atoms with E-state index in [9.17, 15) is 0 Å². The Labute approximate surface area is 165 Å². The lowest BCUT2D eigenvalue weighted by molar-refractivity contribution is 0.289. The van der Waals surface area contributed by atoms with E-state index in [1.54, 1.807) is 24.3 Å². The molecule has 0 fully saturated rings. The number of hydrogen-bond acceptors (Lipinski definition) is 8. The minimum absolute atomic E-state index is 0.0156. The Bertz CT molecular complexity index is 1470. The monoisotopic (exact) mass is 381 g/mol. The standard InChI is InChI=1S/C18H16N8O2/c1-3-25-9-12(19-24-25)10-27-18-14-7-5-4-6-13(14)16-20-21-17(26(16)22-18)15-8-11(2)28-23-15/h4-9H,3,10H2,1-2H3/i2D3,10D2. The second-order valence-corrected chi connectivity index (χ2v) is 5.85. The quantitative estimate of drug-likeness (QED) is 0.457. The Hall–Kier alpha value is -3.82. The van der Waals surface area contributed by atoms with Crippen molar-refractivity contribution in [1.29, 1.82) is 0 Å². The molecule has 10 heteroatoms. The second kappa shape index (κ2) is 6.41. The highest BCUT2D eigenvalue weighted by molar-refractivity contribution is 5.96. The molecule has 1 aromatic carbocycles. The fourth-order valence-electron chi connectivity index (χ4n) is 2.77. The van der Waals surface area contributed by atoms with Gasteiger partial charge in [-0.15, -0.1) is 20.4 Å². The van der Waals surface area contributed by atoms with E-state index in [1.807, 2.05) is 6.92 Å². The van der Waals surface area contributed by atoms with Crippen molar-refractivity contribution in [1.82, 2.24) is 40.0 Å². The molecule has 28 heavy (non-hydrogen) atoms. The van der Waals surface area contributed by atoms with Crippen molar-refractivity contribution >= 4 is 16.4 Å². The summed E-state index contributed by atoms with van der Waals surface area (Å²) in [5, 5.41) is 25.2. The van der Waals surface area contributed by atoms with Crippen LogP contribution in [0.1, 0.15) is 25.2 Å². The topological polar surface area (TPSA) is 109 Å². The van der Waals surface area contributed by atoms with E-state index < -0.39 is 13.4 Å². The third kappa shape index (κ3) is 2.66. The third-order valence-electron chi connectivity index (χ3n) is 4.08. The summed E-state index contributed by atoms with van der Waals surface area (Å²) >= 11 is 0. The average molecular weight is 381 g/mol. The van der Waals surface area contributed by atoms with Crippen molar-refractivity contribution in [3.05, 3.63) is 48.0 Å². The predicted octanol–water partition coefficient (Wildman–Crippen LogP) is 2.43. The van der Waals surface area contributed by atoms with Crippen LogP contribution in [0.3, 0.4) is 0 Å². The highest BCUT2D eigenvalue weighted by atomic mass is 16.5. The summed E-state index contributed by atoms with van der Waals surface area (Å²) in [6, 6.07) is 8.26. The number of fused-ring (bicyclic) bond motifs is 3. The van der Waals surface area contributed by atoms with E-state index in [1.165, 1.54) is 21.5 Å². The first kappa shape index (κ1) is 11.8. The van der Waals surface area contributed by atoms with Crippen LogP contribution in [-0.2, 0) is 13.1 Å². The van der Waals surface area contributed by atoms with Gasteiger partial charge in [0, 0.05) is 27.5 Å². The molecule has 5 aromatic rings. The van der Waals surface area contributed by atoms with Crippen molar-refractivity contribution in [2.75, 3.05) is 0 Å². The second-order valence-electron chi connectivity index (χ2n) is 5.85. The van der Waals surface area contributed by atoms with Crippen molar-refractivity contribution < 1.29 is 16.1 Å². The first-order chi connectivity index (χ1) is 15.7. The van der Waals surface area contributed by atoms with Gasteiger partial charge in [0.1, 0.15) is 18.0 Å². The summed E-state index contributed by atoms with van der Waals surface area (Å²) in [5.74, 6) is -0.242. The first-order valence-corrected chi connectivity index (χ1v) is 8.39. The molecule has 4 aromatic heterocycles. The smallest absolute Gasteiger partial charge is 0.240 e. The molecule has 0 atom stereocenters. The lowest BCUT2D eigenvalue weighted by atomic mass is 10.2. The lowest BCUT2D eigenvalue weighted by Gasteiger charge is -2.08. The maximum atomic E-state index is 8.39. The largest absolute Gasteiger partial charge is 0.470 e. The van der Waals surface area contributed by atoms with Gasteiger partial charge in [-0.1, -0.05) is 28.6 Å². The van der Waals surface area contributed by atoms with Gasteiger partial charge in [0.25, 0.3) is 0 Å². The van der Waals surface area contributed by atoms with Crippen LogP contribution >= 0.6 is 0 Å². The molecule has 0 amide bonds. The molecular formula is C18H16N8O2. The van der Waals surface area contributed by atoms with Gasteiger partial charge < -0.3 is 9.26 Å². The van der Waals surface area contributed by atoms with Gasteiger partial charge in [0.05, 0.1) is 8.94 Å². The predicted molar refractivity (Wildman–Crippen MR) is 98.6 cm³/mol. The number of aromatic nitrogens is 8. The van der Waals surface area contributed by atoms with Crippen LogP contribution in [0.4, 0.5) is 0 Å². The molecule has 0 aliphatic carbocycles. The number of ether oxygens (including phenoxy) is 1. The van der Waals surface area contributed by atoms with Gasteiger partial charge in [-0.25, -0.2) is 0 Å². The van der Waals surface area contributed by atoms with Crippen LogP contribution in [0.2, 0.25) is 0 Å². The van der Waals surface area contributed by atoms with E-state index in [-0.39, 0.29) is 28.9 Å². The molecule has 0 aliphatic rings. The minimum atomic E-state index is -2.48. The fourth-order valence-corrected chi connectivity index (χ4v) is 2.77. The molecule has 4 heterocycles. The number of hydrogen-bond donors (Lipinski definition) is 0. The van der Waals surface area contributed by atoms with Gasteiger partial charge in [-0.05, 0) is 19.8 Å². The van der Waals surface area contributed by atoms with Crippen LogP contribution in [0.15, 0.2) is 41.1 Å². The molecule has 0 saturated carbocycles. The van der Waals surface area contributed by atoms with Crippen molar-refractivity contribution in [3.8, 4) is 17.4 Å². The van der Waals surface area contributed by atoms with Gasteiger partial charge in [0.15, 0.2) is 11.3 Å². The Morgan fingerprint density at radius 3 is 2.89 bits per heavy atom. The number of aryl methyl sites for hydroxylation is 2. The highest BCUT2D eigenvalue weighted by Crippen LogP contribution is 2.29. The van der Waals surface area contributed by atoms with Gasteiger partial charge in [-0.3, -0.25) is 4.68 Å². The molecule has 0 spiro atoms. The van der Waals surface area contributed by atoms with E-state index >= 15 is 0 Å². The Kier molecular flexibility index (Phi) is 2.70. The van der Waals surface area contributed by atoms with Gasteiger partial charge in [-0.2, -0.15) is 4.52 Å². The molecule has 0 aliphatic heterocycles. The van der Waals surface area contributed by atoms with Crippen LogP contribution in [0, 0.1) is 6.85 Å². The van der Waals surface area contributed by atoms with Crippen molar-refractivity contribution in [2.45, 2.75) is 26.9 Å². The zero-order valence-corrected chi connectivity index (χ0v) is 14.6. The van der Waals surface area contributed by atoms with Crippen LogP contribution in [0.5, 0.6) is 5.88 Å². The molecule has 0 saturated heterocycles. The average Bonchev–Trinajstić information content (AvgIpc) is 3.51. The molecule has 10 nitrogen and oxygen atoms in total.